The van der Waals surface area contributed by atoms with Gasteiger partial charge in [0, 0.05) is 6.54 Å². The van der Waals surface area contributed by atoms with Crippen molar-refractivity contribution >= 4 is 17.4 Å². The molecule has 0 fully saturated rings. The largest absolute Gasteiger partial charge is 0.376 e. The third-order valence-corrected chi connectivity index (χ3v) is 3.65. The summed E-state index contributed by atoms with van der Waals surface area (Å²) >= 11 is 1.76. The zero-order valence-corrected chi connectivity index (χ0v) is 12.4. The molecule has 1 heterocycles. The normalized spacial score (nSPS) is 11.2. The van der Waals surface area contributed by atoms with E-state index in [9.17, 15) is 0 Å². The zero-order chi connectivity index (χ0) is 13.9. The lowest BCUT2D eigenvalue weighted by Gasteiger charge is -2.04. The molecule has 2 aromatic rings. The highest BCUT2D eigenvalue weighted by Gasteiger charge is 1.92. The summed E-state index contributed by atoms with van der Waals surface area (Å²) < 4.78 is 5.55. The van der Waals surface area contributed by atoms with Crippen molar-refractivity contribution in [3.05, 3.63) is 64.4 Å². The van der Waals surface area contributed by atoms with E-state index in [-0.39, 0.29) is 0 Å². The topological polar surface area (TPSA) is 21.3 Å². The van der Waals surface area contributed by atoms with E-state index in [1.165, 1.54) is 11.1 Å². The Balaban J connectivity index is 1.45. The molecule has 0 unspecified atom stereocenters. The van der Waals surface area contributed by atoms with E-state index in [0.717, 1.165) is 26.1 Å². The molecule has 1 N–H and O–H groups in total. The van der Waals surface area contributed by atoms with Crippen molar-refractivity contribution in [1.29, 1.82) is 0 Å². The van der Waals surface area contributed by atoms with Crippen LogP contribution in [-0.2, 0) is 11.2 Å². The molecule has 0 aliphatic carbocycles. The Morgan fingerprint density at radius 2 is 2.00 bits per heavy atom. The first-order valence-corrected chi connectivity index (χ1v) is 7.90. The summed E-state index contributed by atoms with van der Waals surface area (Å²) in [5, 5.41) is 7.71. The van der Waals surface area contributed by atoms with Crippen LogP contribution in [0, 0.1) is 0 Å². The predicted octanol–water partition coefficient (Wildman–Crippen LogP) is 3.61. The molecule has 0 aliphatic heterocycles. The fourth-order valence-electron chi connectivity index (χ4n) is 1.84. The third-order valence-electron chi connectivity index (χ3n) is 2.92. The molecule has 0 saturated carbocycles. The van der Waals surface area contributed by atoms with Gasteiger partial charge in [-0.1, -0.05) is 42.5 Å². The zero-order valence-electron chi connectivity index (χ0n) is 11.6. The second-order valence-corrected chi connectivity index (χ2v) is 5.30. The number of ether oxygens (including phenoxy) is 1. The SMILES string of the molecule is C(=Cc1ccccc1)COCCNCCc1ccsc1. The van der Waals surface area contributed by atoms with Gasteiger partial charge in [-0.15, -0.1) is 0 Å². The van der Waals surface area contributed by atoms with Gasteiger partial charge in [-0.25, -0.2) is 0 Å². The van der Waals surface area contributed by atoms with Crippen molar-refractivity contribution in [3.8, 4) is 0 Å². The Kier molecular flexibility index (Phi) is 7.10. The summed E-state index contributed by atoms with van der Waals surface area (Å²) in [5.74, 6) is 0. The number of hydrogen-bond acceptors (Lipinski definition) is 3. The summed E-state index contributed by atoms with van der Waals surface area (Å²) in [7, 11) is 0. The highest BCUT2D eigenvalue weighted by molar-refractivity contribution is 7.07. The van der Waals surface area contributed by atoms with Crippen LogP contribution in [0.25, 0.3) is 6.08 Å². The number of hydrogen-bond donors (Lipinski definition) is 1. The van der Waals surface area contributed by atoms with E-state index in [4.69, 9.17) is 4.74 Å². The molecule has 0 spiro atoms. The second kappa shape index (κ2) is 9.48. The smallest absolute Gasteiger partial charge is 0.0651 e. The molecule has 0 bridgehead atoms. The van der Waals surface area contributed by atoms with E-state index in [1.54, 1.807) is 11.3 Å². The Bertz CT molecular complexity index is 479. The fraction of sp³-hybridized carbons (Fsp3) is 0.294. The molecule has 0 radical (unpaired) electrons. The van der Waals surface area contributed by atoms with E-state index in [2.05, 4.69) is 46.4 Å². The Morgan fingerprint density at radius 3 is 2.80 bits per heavy atom. The van der Waals surface area contributed by atoms with Gasteiger partial charge in [0.05, 0.1) is 13.2 Å². The summed E-state index contributed by atoms with van der Waals surface area (Å²) in [5.41, 5.74) is 2.62. The van der Waals surface area contributed by atoms with E-state index >= 15 is 0 Å². The minimum atomic E-state index is 0.668. The van der Waals surface area contributed by atoms with Gasteiger partial charge in [0.25, 0.3) is 0 Å². The van der Waals surface area contributed by atoms with Crippen LogP contribution < -0.4 is 5.32 Å². The average molecular weight is 287 g/mol. The highest BCUT2D eigenvalue weighted by atomic mass is 32.1. The molecular formula is C17H21NOS. The molecule has 0 aliphatic rings. The average Bonchev–Trinajstić information content (AvgIpc) is 3.00. The van der Waals surface area contributed by atoms with Gasteiger partial charge in [-0.05, 0) is 40.9 Å². The van der Waals surface area contributed by atoms with Crippen molar-refractivity contribution in [3.63, 3.8) is 0 Å². The maximum atomic E-state index is 5.55. The van der Waals surface area contributed by atoms with Crippen LogP contribution in [0.2, 0.25) is 0 Å². The molecule has 106 valence electrons. The quantitative estimate of drug-likeness (QED) is 0.711. The molecule has 1 aromatic carbocycles. The van der Waals surface area contributed by atoms with Crippen molar-refractivity contribution in [1.82, 2.24) is 5.32 Å². The lowest BCUT2D eigenvalue weighted by atomic mass is 10.2. The molecule has 20 heavy (non-hydrogen) atoms. The minimum Gasteiger partial charge on any atom is -0.376 e. The minimum absolute atomic E-state index is 0.668. The molecule has 0 amide bonds. The summed E-state index contributed by atoms with van der Waals surface area (Å²) in [6.45, 7) is 3.34. The van der Waals surface area contributed by atoms with Crippen molar-refractivity contribution < 1.29 is 4.74 Å². The fourth-order valence-corrected chi connectivity index (χ4v) is 2.54. The van der Waals surface area contributed by atoms with Crippen LogP contribution in [-0.4, -0.2) is 26.3 Å². The van der Waals surface area contributed by atoms with Crippen LogP contribution in [0.5, 0.6) is 0 Å². The van der Waals surface area contributed by atoms with Gasteiger partial charge in [-0.3, -0.25) is 0 Å². The lowest BCUT2D eigenvalue weighted by Crippen LogP contribution is -2.22. The maximum absolute atomic E-state index is 5.55. The Labute approximate surface area is 125 Å². The van der Waals surface area contributed by atoms with Gasteiger partial charge < -0.3 is 10.1 Å². The Hall–Kier alpha value is -1.42. The second-order valence-electron chi connectivity index (χ2n) is 4.52. The number of nitrogens with one attached hydrogen (secondary N) is 1. The van der Waals surface area contributed by atoms with E-state index in [0.29, 0.717) is 6.61 Å². The monoisotopic (exact) mass is 287 g/mol. The number of thiophene rings is 1. The number of rotatable bonds is 9. The first kappa shape index (κ1) is 15.0. The first-order valence-electron chi connectivity index (χ1n) is 6.96. The molecule has 3 heteroatoms. The maximum Gasteiger partial charge on any atom is 0.0651 e. The van der Waals surface area contributed by atoms with Gasteiger partial charge in [0.1, 0.15) is 0 Å². The molecular weight excluding hydrogens is 266 g/mol. The molecule has 0 saturated heterocycles. The van der Waals surface area contributed by atoms with Gasteiger partial charge in [0.2, 0.25) is 0 Å². The molecule has 2 nitrogen and oxygen atoms in total. The van der Waals surface area contributed by atoms with Crippen molar-refractivity contribution in [2.45, 2.75) is 6.42 Å². The van der Waals surface area contributed by atoms with E-state index < -0.39 is 0 Å². The van der Waals surface area contributed by atoms with Crippen LogP contribution in [0.3, 0.4) is 0 Å². The Morgan fingerprint density at radius 1 is 1.10 bits per heavy atom. The molecule has 1 aromatic heterocycles. The first-order chi connectivity index (χ1) is 9.95. The summed E-state index contributed by atoms with van der Waals surface area (Å²) in [4.78, 5) is 0. The standard InChI is InChI=1S/C17H21NOS/c1-2-5-16(6-3-1)7-4-12-19-13-11-18-10-8-17-9-14-20-15-17/h1-7,9,14-15,18H,8,10-13H2. The third kappa shape index (κ3) is 6.15. The van der Waals surface area contributed by atoms with Gasteiger partial charge in [0.15, 0.2) is 0 Å². The molecule has 2 rings (SSSR count). The van der Waals surface area contributed by atoms with Crippen LogP contribution in [0.1, 0.15) is 11.1 Å². The summed E-state index contributed by atoms with van der Waals surface area (Å²) in [6.07, 6.45) is 5.24. The number of benzene rings is 1. The van der Waals surface area contributed by atoms with Gasteiger partial charge >= 0.3 is 0 Å². The van der Waals surface area contributed by atoms with E-state index in [1.807, 2.05) is 18.2 Å². The highest BCUT2D eigenvalue weighted by Crippen LogP contribution is 2.05. The van der Waals surface area contributed by atoms with Crippen molar-refractivity contribution in [2.24, 2.45) is 0 Å². The van der Waals surface area contributed by atoms with Gasteiger partial charge in [-0.2, -0.15) is 11.3 Å². The predicted molar refractivity (Wildman–Crippen MR) is 87.2 cm³/mol. The van der Waals surface area contributed by atoms with Crippen LogP contribution >= 0.6 is 11.3 Å². The van der Waals surface area contributed by atoms with Crippen LogP contribution in [0.15, 0.2) is 53.2 Å². The lowest BCUT2D eigenvalue weighted by molar-refractivity contribution is 0.164. The summed E-state index contributed by atoms with van der Waals surface area (Å²) in [6, 6.07) is 12.5. The van der Waals surface area contributed by atoms with Crippen LogP contribution in [0.4, 0.5) is 0 Å². The molecule has 0 atom stereocenters. The van der Waals surface area contributed by atoms with Crippen molar-refractivity contribution in [2.75, 3.05) is 26.3 Å².